The second kappa shape index (κ2) is 8.08. The molecule has 0 aliphatic carbocycles. The Bertz CT molecular complexity index is 954. The molecule has 2 aromatic carbocycles. The Balaban J connectivity index is 1.60. The van der Waals surface area contributed by atoms with Gasteiger partial charge in [0.15, 0.2) is 0 Å². The predicted octanol–water partition coefficient (Wildman–Crippen LogP) is 3.50. The quantitative estimate of drug-likeness (QED) is 0.704. The summed E-state index contributed by atoms with van der Waals surface area (Å²) in [5.74, 6) is -0.309. The number of H-pyrrole nitrogens is 1. The largest absolute Gasteiger partial charge is 0.361 e. The first-order valence-corrected chi connectivity index (χ1v) is 9.12. The molecule has 0 saturated heterocycles. The van der Waals surface area contributed by atoms with E-state index in [0.29, 0.717) is 6.54 Å². The molecule has 5 nitrogen and oxygen atoms in total. The van der Waals surface area contributed by atoms with E-state index in [-0.39, 0.29) is 18.4 Å². The third-order valence-corrected chi connectivity index (χ3v) is 4.59. The summed E-state index contributed by atoms with van der Waals surface area (Å²) in [4.78, 5) is 29.2. The lowest BCUT2D eigenvalue weighted by Crippen LogP contribution is -2.40. The number of fused-ring (bicyclic) bond motifs is 1. The lowest BCUT2D eigenvalue weighted by atomic mass is 10.1. The highest BCUT2D eigenvalue weighted by Crippen LogP contribution is 2.19. The molecule has 5 heteroatoms. The van der Waals surface area contributed by atoms with Crippen molar-refractivity contribution in [2.24, 2.45) is 0 Å². The zero-order valence-electron chi connectivity index (χ0n) is 16.0. The molecule has 0 bridgehead atoms. The number of rotatable bonds is 6. The van der Waals surface area contributed by atoms with Crippen molar-refractivity contribution in [3.8, 4) is 0 Å². The fourth-order valence-corrected chi connectivity index (χ4v) is 3.37. The molecule has 140 valence electrons. The molecule has 3 aromatic rings. The number of amides is 2. The molecule has 0 fully saturated rings. The van der Waals surface area contributed by atoms with Gasteiger partial charge in [0.25, 0.3) is 0 Å². The molecule has 1 heterocycles. The monoisotopic (exact) mass is 363 g/mol. The number of benzene rings is 2. The molecule has 2 amide bonds. The molecule has 2 N–H and O–H groups in total. The maximum Gasteiger partial charge on any atom is 0.240 e. The lowest BCUT2D eigenvalue weighted by Gasteiger charge is -2.21. The van der Waals surface area contributed by atoms with Crippen molar-refractivity contribution in [3.63, 3.8) is 0 Å². The molecular weight excluding hydrogens is 338 g/mol. The van der Waals surface area contributed by atoms with E-state index >= 15 is 0 Å². The van der Waals surface area contributed by atoms with Gasteiger partial charge in [-0.1, -0.05) is 24.3 Å². The number of hydrogen-bond donors (Lipinski definition) is 2. The van der Waals surface area contributed by atoms with Crippen LogP contribution in [0.3, 0.4) is 0 Å². The van der Waals surface area contributed by atoms with E-state index < -0.39 is 0 Å². The van der Waals surface area contributed by atoms with Crippen molar-refractivity contribution in [3.05, 3.63) is 65.4 Å². The van der Waals surface area contributed by atoms with E-state index in [4.69, 9.17) is 0 Å². The van der Waals surface area contributed by atoms with Gasteiger partial charge in [0.2, 0.25) is 11.8 Å². The molecule has 0 unspecified atom stereocenters. The topological polar surface area (TPSA) is 65.2 Å². The van der Waals surface area contributed by atoms with Crippen LogP contribution in [0.2, 0.25) is 0 Å². The van der Waals surface area contributed by atoms with E-state index in [9.17, 15) is 9.59 Å². The zero-order valence-corrected chi connectivity index (χ0v) is 16.0. The summed E-state index contributed by atoms with van der Waals surface area (Å²) < 4.78 is 0. The molecule has 3 rings (SSSR count). The second-order valence-corrected chi connectivity index (χ2v) is 6.91. The van der Waals surface area contributed by atoms with Crippen LogP contribution in [-0.4, -0.2) is 29.9 Å². The number of nitrogens with one attached hydrogen (secondary N) is 2. The SMILES string of the molecule is CC(=O)N(CC(=O)NCCc1c[nH]c2ccccc12)c1cc(C)cc(C)c1. The molecule has 1 aromatic heterocycles. The number of aryl methyl sites for hydroxylation is 2. The zero-order chi connectivity index (χ0) is 19.4. The van der Waals surface area contributed by atoms with Crippen LogP contribution in [0.1, 0.15) is 23.6 Å². The summed E-state index contributed by atoms with van der Waals surface area (Å²) in [5, 5.41) is 4.10. The molecule has 0 saturated carbocycles. The van der Waals surface area contributed by atoms with Gasteiger partial charge < -0.3 is 15.2 Å². The van der Waals surface area contributed by atoms with Crippen LogP contribution in [0.4, 0.5) is 5.69 Å². The third kappa shape index (κ3) is 4.56. The number of carbonyl (C=O) groups excluding carboxylic acids is 2. The second-order valence-electron chi connectivity index (χ2n) is 6.91. The summed E-state index contributed by atoms with van der Waals surface area (Å²) in [6.45, 7) is 5.99. The van der Waals surface area contributed by atoms with Gasteiger partial charge >= 0.3 is 0 Å². The van der Waals surface area contributed by atoms with E-state index in [0.717, 1.165) is 28.8 Å². The summed E-state index contributed by atoms with van der Waals surface area (Å²) in [6, 6.07) is 14.0. The third-order valence-electron chi connectivity index (χ3n) is 4.59. The Morgan fingerprint density at radius 3 is 2.48 bits per heavy atom. The maximum absolute atomic E-state index is 12.4. The molecule has 0 atom stereocenters. The fraction of sp³-hybridized carbons (Fsp3) is 0.273. The Kier molecular flexibility index (Phi) is 5.60. The van der Waals surface area contributed by atoms with Gasteiger partial charge in [-0.3, -0.25) is 9.59 Å². The summed E-state index contributed by atoms with van der Waals surface area (Å²) in [7, 11) is 0. The van der Waals surface area contributed by atoms with Crippen molar-refractivity contribution in [2.75, 3.05) is 18.0 Å². The minimum atomic E-state index is -0.163. The Morgan fingerprint density at radius 1 is 1.07 bits per heavy atom. The van der Waals surface area contributed by atoms with Crippen LogP contribution >= 0.6 is 0 Å². The number of para-hydroxylation sites is 1. The van der Waals surface area contributed by atoms with Crippen LogP contribution in [-0.2, 0) is 16.0 Å². The van der Waals surface area contributed by atoms with Crippen LogP contribution in [0.25, 0.3) is 10.9 Å². The molecule has 27 heavy (non-hydrogen) atoms. The van der Waals surface area contributed by atoms with Crippen molar-refractivity contribution >= 4 is 28.4 Å². The number of carbonyl (C=O) groups is 2. The number of aromatic amines is 1. The van der Waals surface area contributed by atoms with Gasteiger partial charge in [0.05, 0.1) is 0 Å². The Hall–Kier alpha value is -3.08. The van der Waals surface area contributed by atoms with E-state index in [2.05, 4.69) is 16.4 Å². The smallest absolute Gasteiger partial charge is 0.240 e. The van der Waals surface area contributed by atoms with E-state index in [1.54, 1.807) is 0 Å². The van der Waals surface area contributed by atoms with Crippen LogP contribution < -0.4 is 10.2 Å². The van der Waals surface area contributed by atoms with Gasteiger partial charge in [-0.25, -0.2) is 0 Å². The van der Waals surface area contributed by atoms with E-state index in [1.165, 1.54) is 22.8 Å². The van der Waals surface area contributed by atoms with Crippen molar-refractivity contribution in [2.45, 2.75) is 27.2 Å². The first-order valence-electron chi connectivity index (χ1n) is 9.12. The Labute approximate surface area is 159 Å². The van der Waals surface area contributed by atoms with Crippen LogP contribution in [0.5, 0.6) is 0 Å². The van der Waals surface area contributed by atoms with Crippen molar-refractivity contribution in [1.82, 2.24) is 10.3 Å². The molecule has 0 spiro atoms. The number of anilines is 1. The van der Waals surface area contributed by atoms with Crippen LogP contribution in [0.15, 0.2) is 48.7 Å². The molecule has 0 radical (unpaired) electrons. The number of hydrogen-bond acceptors (Lipinski definition) is 2. The van der Waals surface area contributed by atoms with Crippen molar-refractivity contribution < 1.29 is 9.59 Å². The van der Waals surface area contributed by atoms with Gasteiger partial charge in [0, 0.05) is 36.3 Å². The highest BCUT2D eigenvalue weighted by atomic mass is 16.2. The van der Waals surface area contributed by atoms with Gasteiger partial charge in [-0.15, -0.1) is 0 Å². The first kappa shape index (κ1) is 18.7. The normalized spacial score (nSPS) is 10.8. The van der Waals surface area contributed by atoms with E-state index in [1.807, 2.05) is 56.4 Å². The molecule has 0 aliphatic rings. The van der Waals surface area contributed by atoms with Gasteiger partial charge in [0.1, 0.15) is 6.54 Å². The first-order chi connectivity index (χ1) is 12.9. The lowest BCUT2D eigenvalue weighted by molar-refractivity contribution is -0.123. The van der Waals surface area contributed by atoms with Crippen LogP contribution in [0, 0.1) is 13.8 Å². The summed E-state index contributed by atoms with van der Waals surface area (Å²) in [5.41, 5.74) is 5.15. The molecule has 0 aliphatic heterocycles. The average molecular weight is 363 g/mol. The number of aromatic nitrogens is 1. The highest BCUT2D eigenvalue weighted by Gasteiger charge is 2.16. The Morgan fingerprint density at radius 2 is 1.78 bits per heavy atom. The molecular formula is C22H25N3O2. The summed E-state index contributed by atoms with van der Waals surface area (Å²) >= 11 is 0. The maximum atomic E-state index is 12.4. The summed E-state index contributed by atoms with van der Waals surface area (Å²) in [6.07, 6.45) is 2.72. The minimum Gasteiger partial charge on any atom is -0.361 e. The van der Waals surface area contributed by atoms with Gasteiger partial charge in [-0.05, 0) is 55.2 Å². The minimum absolute atomic E-state index is 0.0200. The fourth-order valence-electron chi connectivity index (χ4n) is 3.37. The standard InChI is InChI=1S/C22H25N3O2/c1-15-10-16(2)12-19(11-15)25(17(3)26)14-22(27)23-9-8-18-13-24-21-7-5-4-6-20(18)21/h4-7,10-13,24H,8-9,14H2,1-3H3,(H,23,27). The number of nitrogens with zero attached hydrogens (tertiary/aromatic N) is 1. The predicted molar refractivity (Wildman–Crippen MR) is 109 cm³/mol. The average Bonchev–Trinajstić information content (AvgIpc) is 3.02. The van der Waals surface area contributed by atoms with Gasteiger partial charge in [-0.2, -0.15) is 0 Å². The highest BCUT2D eigenvalue weighted by molar-refractivity contribution is 5.97. The van der Waals surface area contributed by atoms with Crippen molar-refractivity contribution in [1.29, 1.82) is 0 Å².